The van der Waals surface area contributed by atoms with Gasteiger partial charge in [-0.3, -0.25) is 4.99 Å². The average Bonchev–Trinajstić information content (AvgIpc) is 2.08. The van der Waals surface area contributed by atoms with Gasteiger partial charge in [-0.05, 0) is 13.8 Å². The number of rotatable bonds is 1. The third kappa shape index (κ3) is 1.94. The van der Waals surface area contributed by atoms with E-state index in [4.69, 9.17) is 5.14 Å². The van der Waals surface area contributed by atoms with Gasteiger partial charge in [-0.25, -0.2) is 13.6 Å². The predicted molar refractivity (Wildman–Crippen MR) is 47.1 cm³/mol. The Labute approximate surface area is 70.3 Å². The molecule has 0 fully saturated rings. The molecule has 0 aromatic rings. The van der Waals surface area contributed by atoms with E-state index in [0.29, 0.717) is 0 Å². The Bertz CT molecular complexity index is 283. The van der Waals surface area contributed by atoms with Gasteiger partial charge in [0.05, 0.1) is 11.1 Å². The van der Waals surface area contributed by atoms with Crippen molar-refractivity contribution in [2.45, 2.75) is 24.5 Å². The van der Waals surface area contributed by atoms with Crippen LogP contribution in [0.1, 0.15) is 13.8 Å². The molecule has 2 N–H and O–H groups in total. The Morgan fingerprint density at radius 3 is 2.36 bits per heavy atom. The maximum atomic E-state index is 10.9. The summed E-state index contributed by atoms with van der Waals surface area (Å²) in [6, 6.07) is -0.213. The van der Waals surface area contributed by atoms with Crippen LogP contribution in [0.3, 0.4) is 0 Å². The lowest BCUT2D eigenvalue weighted by molar-refractivity contribution is 0.588. The number of nitrogens with two attached hydrogens (primary N) is 1. The fraction of sp³-hybridized carbons (Fsp3) is 0.800. The first-order chi connectivity index (χ1) is 4.91. The number of hydrogen-bond donors (Lipinski definition) is 1. The molecule has 0 aromatic carbocycles. The summed E-state index contributed by atoms with van der Waals surface area (Å²) in [5, 5.41) is 5.76. The number of primary sulfonamides is 1. The van der Waals surface area contributed by atoms with E-state index in [2.05, 4.69) is 4.99 Å². The van der Waals surface area contributed by atoms with Crippen molar-refractivity contribution in [3.8, 4) is 0 Å². The van der Waals surface area contributed by atoms with E-state index < -0.39 is 14.6 Å². The lowest BCUT2D eigenvalue weighted by atomic mass is 10.4. The van der Waals surface area contributed by atoms with Crippen LogP contribution in [0.4, 0.5) is 0 Å². The summed E-state index contributed by atoms with van der Waals surface area (Å²) >= 11 is 1.22. The van der Waals surface area contributed by atoms with Crippen LogP contribution in [0.15, 0.2) is 4.99 Å². The van der Waals surface area contributed by atoms with Gasteiger partial charge < -0.3 is 0 Å². The third-order valence-electron chi connectivity index (χ3n) is 1.39. The Morgan fingerprint density at radius 1 is 1.64 bits per heavy atom. The highest BCUT2D eigenvalue weighted by atomic mass is 32.3. The van der Waals surface area contributed by atoms with Crippen molar-refractivity contribution in [3.63, 3.8) is 0 Å². The van der Waals surface area contributed by atoms with Crippen molar-refractivity contribution in [1.82, 2.24) is 0 Å². The maximum absolute atomic E-state index is 10.9. The zero-order chi connectivity index (χ0) is 8.65. The number of nitrogens with zero attached hydrogens (tertiary/aromatic N) is 1. The van der Waals surface area contributed by atoms with Crippen molar-refractivity contribution in [1.29, 1.82) is 0 Å². The van der Waals surface area contributed by atoms with Gasteiger partial charge in [0.25, 0.3) is 0 Å². The van der Waals surface area contributed by atoms with E-state index >= 15 is 0 Å². The monoisotopic (exact) mass is 194 g/mol. The molecule has 1 aliphatic rings. The minimum atomic E-state index is -3.44. The summed E-state index contributed by atoms with van der Waals surface area (Å²) in [4.78, 5) is 4.06. The Morgan fingerprint density at radius 2 is 2.18 bits per heavy atom. The van der Waals surface area contributed by atoms with Crippen LogP contribution in [0, 0.1) is 0 Å². The van der Waals surface area contributed by atoms with E-state index in [9.17, 15) is 8.42 Å². The predicted octanol–water partition coefficient (Wildman–Crippen LogP) is 0.155. The van der Waals surface area contributed by atoms with Crippen molar-refractivity contribution >= 4 is 26.8 Å². The maximum Gasteiger partial charge on any atom is 0.223 e. The van der Waals surface area contributed by atoms with Gasteiger partial charge in [0.2, 0.25) is 10.0 Å². The topological polar surface area (TPSA) is 72.5 Å². The number of hydrogen-bond acceptors (Lipinski definition) is 4. The molecule has 0 amide bonds. The van der Waals surface area contributed by atoms with Gasteiger partial charge in [0.15, 0.2) is 0 Å². The number of thioether (sulfide) groups is 1. The van der Waals surface area contributed by atoms with Crippen LogP contribution >= 0.6 is 11.8 Å². The number of sulfonamides is 1. The highest BCUT2D eigenvalue weighted by molar-refractivity contribution is 8.22. The first-order valence-corrected chi connectivity index (χ1v) is 5.63. The summed E-state index contributed by atoms with van der Waals surface area (Å²) in [5.74, 6) is 0. The van der Waals surface area contributed by atoms with Crippen LogP contribution in [0.25, 0.3) is 0 Å². The second-order valence-corrected chi connectivity index (χ2v) is 5.78. The molecule has 6 heteroatoms. The molecular formula is C5H10N2O2S2. The summed E-state index contributed by atoms with van der Waals surface area (Å²) < 4.78 is 21.2. The molecule has 1 rings (SSSR count). The second-order valence-electron chi connectivity index (χ2n) is 2.46. The third-order valence-corrected chi connectivity index (χ3v) is 4.60. The van der Waals surface area contributed by atoms with Crippen LogP contribution < -0.4 is 5.14 Å². The van der Waals surface area contributed by atoms with Gasteiger partial charge in [-0.15, -0.1) is 0 Å². The summed E-state index contributed by atoms with van der Waals surface area (Å²) in [6.07, 6.45) is 0. The molecule has 1 aliphatic heterocycles. The molecule has 0 saturated heterocycles. The van der Waals surface area contributed by atoms with Crippen LogP contribution in [-0.2, 0) is 10.0 Å². The average molecular weight is 194 g/mol. The molecule has 0 aromatic heterocycles. The van der Waals surface area contributed by atoms with E-state index in [-0.39, 0.29) is 6.04 Å². The van der Waals surface area contributed by atoms with E-state index in [1.54, 1.807) is 13.8 Å². The minimum Gasteiger partial charge on any atom is -0.278 e. The van der Waals surface area contributed by atoms with Crippen molar-refractivity contribution < 1.29 is 8.42 Å². The number of aliphatic imine (C=N–C) groups is 1. The van der Waals surface area contributed by atoms with Gasteiger partial charge in [0, 0.05) is 0 Å². The Balaban J connectivity index is 2.84. The molecule has 0 radical (unpaired) electrons. The highest BCUT2D eigenvalue weighted by Crippen LogP contribution is 2.28. The van der Waals surface area contributed by atoms with Crippen molar-refractivity contribution in [2.24, 2.45) is 10.1 Å². The second kappa shape index (κ2) is 2.76. The van der Waals surface area contributed by atoms with Gasteiger partial charge >= 0.3 is 0 Å². The van der Waals surface area contributed by atoms with Crippen molar-refractivity contribution in [2.75, 3.05) is 0 Å². The van der Waals surface area contributed by atoms with Crippen LogP contribution in [-0.4, -0.2) is 24.1 Å². The summed E-state index contributed by atoms with van der Waals surface area (Å²) in [5.41, 5.74) is 0. The molecule has 0 spiro atoms. The quantitative estimate of drug-likeness (QED) is 0.646. The normalized spacial score (nSPS) is 32.1. The van der Waals surface area contributed by atoms with E-state index in [0.717, 1.165) is 5.04 Å². The van der Waals surface area contributed by atoms with Crippen LogP contribution in [0.2, 0.25) is 0 Å². The lowest BCUT2D eigenvalue weighted by Gasteiger charge is -2.08. The summed E-state index contributed by atoms with van der Waals surface area (Å²) in [6.45, 7) is 3.53. The summed E-state index contributed by atoms with van der Waals surface area (Å²) in [7, 11) is -3.44. The molecule has 1 unspecified atom stereocenters. The fourth-order valence-electron chi connectivity index (χ4n) is 0.986. The molecule has 2 atom stereocenters. The standard InChI is InChI=1S/C5H10N2O2S2/c1-3-5(11(6,8)9)10-4(2)7-3/h3,5H,1-2H3,(H2,6,8,9)/t3?,5-/m1/s1. The molecule has 64 valence electrons. The van der Waals surface area contributed by atoms with Gasteiger partial charge in [-0.2, -0.15) is 0 Å². The molecule has 11 heavy (non-hydrogen) atoms. The molecule has 4 nitrogen and oxygen atoms in total. The first kappa shape index (κ1) is 9.02. The largest absolute Gasteiger partial charge is 0.278 e. The molecule has 0 saturated carbocycles. The van der Waals surface area contributed by atoms with Crippen LogP contribution in [0.5, 0.6) is 0 Å². The van der Waals surface area contributed by atoms with E-state index in [1.165, 1.54) is 11.8 Å². The molecule has 0 aliphatic carbocycles. The zero-order valence-electron chi connectivity index (χ0n) is 6.31. The minimum absolute atomic E-state index is 0.213. The van der Waals surface area contributed by atoms with Gasteiger partial charge in [0.1, 0.15) is 4.58 Å². The smallest absolute Gasteiger partial charge is 0.223 e. The lowest BCUT2D eigenvalue weighted by Crippen LogP contribution is -2.31. The fourth-order valence-corrected chi connectivity index (χ4v) is 3.37. The Kier molecular flexibility index (Phi) is 2.27. The van der Waals surface area contributed by atoms with Crippen molar-refractivity contribution in [3.05, 3.63) is 0 Å². The highest BCUT2D eigenvalue weighted by Gasteiger charge is 2.33. The molecule has 1 heterocycles. The molecular weight excluding hydrogens is 184 g/mol. The zero-order valence-corrected chi connectivity index (χ0v) is 7.95. The Hall–Kier alpha value is -0.0700. The molecule has 0 bridgehead atoms. The van der Waals surface area contributed by atoms with Gasteiger partial charge in [-0.1, -0.05) is 11.8 Å². The van der Waals surface area contributed by atoms with E-state index in [1.807, 2.05) is 0 Å². The SMILES string of the molecule is CC1=NC(C)[C@@H](S(N)(=O)=O)S1. The first-order valence-electron chi connectivity index (χ1n) is 3.14.